The van der Waals surface area contributed by atoms with Crippen molar-refractivity contribution >= 4 is 0 Å². The smallest absolute Gasteiger partial charge is 0.268 e. The van der Waals surface area contributed by atoms with Crippen molar-refractivity contribution in [3.8, 4) is 22.5 Å². The second-order valence-corrected chi connectivity index (χ2v) is 5.21. The van der Waals surface area contributed by atoms with Crippen molar-refractivity contribution in [2.24, 2.45) is 14.1 Å². The van der Waals surface area contributed by atoms with E-state index in [9.17, 15) is 22.8 Å². The van der Waals surface area contributed by atoms with E-state index >= 15 is 0 Å². The number of hydrogen-bond donors (Lipinski definition) is 0. The highest BCUT2D eigenvalue weighted by Crippen LogP contribution is 2.32. The molecule has 1 aromatic rings. The summed E-state index contributed by atoms with van der Waals surface area (Å²) in [5.41, 5.74) is -1.30. The number of fused-ring (bicyclic) bond motifs is 1. The molecule has 0 bridgehead atoms. The molecule has 0 atom stereocenters. The molecule has 6 nitrogen and oxygen atoms in total. The topological polar surface area (TPSA) is 69.8 Å². The van der Waals surface area contributed by atoms with Gasteiger partial charge in [-0.2, -0.15) is 23.3 Å². The molecule has 2 aliphatic heterocycles. The zero-order chi connectivity index (χ0) is 17.6. The van der Waals surface area contributed by atoms with E-state index in [2.05, 4.69) is 10.1 Å². The molecule has 0 unspecified atom stereocenters. The summed E-state index contributed by atoms with van der Waals surface area (Å²) in [4.78, 5) is 27.9. The van der Waals surface area contributed by atoms with Crippen LogP contribution in [0.15, 0.2) is 40.1 Å². The zero-order valence-electron chi connectivity index (χ0n) is 12.6. The summed E-state index contributed by atoms with van der Waals surface area (Å²) in [6.45, 7) is 0. The Morgan fingerprint density at radius 2 is 1.67 bits per heavy atom. The van der Waals surface area contributed by atoms with Gasteiger partial charge in [0, 0.05) is 19.7 Å². The third kappa shape index (κ3) is 2.47. The lowest BCUT2D eigenvalue weighted by molar-refractivity contribution is -0.137. The zero-order valence-corrected chi connectivity index (χ0v) is 12.6. The van der Waals surface area contributed by atoms with Crippen molar-refractivity contribution in [1.29, 1.82) is 0 Å². The van der Waals surface area contributed by atoms with Gasteiger partial charge in [-0.25, -0.2) is 4.79 Å². The van der Waals surface area contributed by atoms with Crippen LogP contribution in [-0.4, -0.2) is 19.3 Å². The molecule has 1 aromatic carbocycles. The molecule has 124 valence electrons. The molecular weight excluding hydrogens is 325 g/mol. The monoisotopic (exact) mass is 336 g/mol. The highest BCUT2D eigenvalue weighted by Gasteiger charge is 2.30. The minimum Gasteiger partial charge on any atom is -0.268 e. The van der Waals surface area contributed by atoms with Gasteiger partial charge >= 0.3 is 11.9 Å². The van der Waals surface area contributed by atoms with E-state index in [1.54, 1.807) is 0 Å². The molecule has 0 fully saturated rings. The number of halogens is 3. The fraction of sp³-hybridized carbons (Fsp3) is 0.200. The molecule has 0 amide bonds. The Labute approximate surface area is 133 Å². The number of aryl methyl sites for hydroxylation is 1. The van der Waals surface area contributed by atoms with Crippen molar-refractivity contribution < 1.29 is 13.2 Å². The van der Waals surface area contributed by atoms with Crippen LogP contribution in [0.5, 0.6) is 0 Å². The normalized spacial score (nSPS) is 11.9. The van der Waals surface area contributed by atoms with E-state index in [0.29, 0.717) is 11.1 Å². The van der Waals surface area contributed by atoms with Crippen molar-refractivity contribution in [3.05, 3.63) is 56.9 Å². The predicted molar refractivity (Wildman–Crippen MR) is 79.6 cm³/mol. The highest BCUT2D eigenvalue weighted by atomic mass is 19.4. The number of aromatic nitrogens is 4. The Morgan fingerprint density at radius 1 is 1.04 bits per heavy atom. The molecule has 0 radical (unpaired) electrons. The van der Waals surface area contributed by atoms with Crippen LogP contribution in [0.3, 0.4) is 0 Å². The molecule has 0 N–H and O–H groups in total. The van der Waals surface area contributed by atoms with E-state index in [1.165, 1.54) is 37.1 Å². The Kier molecular flexibility index (Phi) is 3.51. The lowest BCUT2D eigenvalue weighted by Gasteiger charge is -2.14. The Balaban J connectivity index is 2.28. The van der Waals surface area contributed by atoms with E-state index in [0.717, 1.165) is 16.7 Å². The minimum atomic E-state index is -4.45. The molecule has 2 aliphatic rings. The van der Waals surface area contributed by atoms with Gasteiger partial charge in [0.2, 0.25) is 0 Å². The lowest BCUT2D eigenvalue weighted by Crippen LogP contribution is -2.36. The maximum absolute atomic E-state index is 12.7. The van der Waals surface area contributed by atoms with Gasteiger partial charge in [-0.15, -0.1) is 0 Å². The van der Waals surface area contributed by atoms with Crippen molar-refractivity contribution in [1.82, 2.24) is 19.3 Å². The average Bonchev–Trinajstić information content (AvgIpc) is 2.53. The molecule has 2 heterocycles. The quantitative estimate of drug-likeness (QED) is 0.678. The summed E-state index contributed by atoms with van der Waals surface area (Å²) in [7, 11) is 2.80. The van der Waals surface area contributed by atoms with Crippen molar-refractivity contribution in [2.45, 2.75) is 6.18 Å². The number of benzene rings is 1. The maximum Gasteiger partial charge on any atom is 0.416 e. The van der Waals surface area contributed by atoms with Gasteiger partial charge in [-0.05, 0) is 17.7 Å². The van der Waals surface area contributed by atoms with Crippen LogP contribution in [0.4, 0.5) is 13.2 Å². The first kappa shape index (κ1) is 15.9. The van der Waals surface area contributed by atoms with Crippen LogP contribution in [0.1, 0.15) is 5.56 Å². The molecule has 24 heavy (non-hydrogen) atoms. The van der Waals surface area contributed by atoms with Gasteiger partial charge < -0.3 is 0 Å². The summed E-state index contributed by atoms with van der Waals surface area (Å²) >= 11 is 0. The summed E-state index contributed by atoms with van der Waals surface area (Å²) in [5.74, 6) is 0.0699. The molecule has 0 saturated heterocycles. The summed E-state index contributed by atoms with van der Waals surface area (Å²) in [6.07, 6.45) is -3.09. The van der Waals surface area contributed by atoms with Gasteiger partial charge in [-0.1, -0.05) is 12.1 Å². The molecule has 3 rings (SSSR count). The van der Waals surface area contributed by atoms with Gasteiger partial charge in [0.05, 0.1) is 17.3 Å². The van der Waals surface area contributed by atoms with E-state index in [-0.39, 0.29) is 11.4 Å². The van der Waals surface area contributed by atoms with E-state index in [4.69, 9.17) is 0 Å². The number of alkyl halides is 3. The summed E-state index contributed by atoms with van der Waals surface area (Å²) in [5, 5.41) is 4.01. The van der Waals surface area contributed by atoms with Crippen LogP contribution < -0.4 is 11.2 Å². The summed E-state index contributed by atoms with van der Waals surface area (Å²) < 4.78 is 40.1. The summed E-state index contributed by atoms with van der Waals surface area (Å²) in [6, 6.07) is 4.36. The lowest BCUT2D eigenvalue weighted by atomic mass is 10.0. The highest BCUT2D eigenvalue weighted by molar-refractivity contribution is 5.79. The molecular formula is C15H11F3N4O2. The van der Waals surface area contributed by atoms with Crippen LogP contribution in [0, 0.1) is 0 Å². The predicted octanol–water partition coefficient (Wildman–Crippen LogP) is 1.66. The Hall–Kier alpha value is -2.97. The molecule has 9 heteroatoms. The fourth-order valence-electron chi connectivity index (χ4n) is 2.36. The first-order chi connectivity index (χ1) is 11.2. The second-order valence-electron chi connectivity index (χ2n) is 5.21. The largest absolute Gasteiger partial charge is 0.416 e. The number of hydrogen-bond acceptors (Lipinski definition) is 4. The van der Waals surface area contributed by atoms with Crippen LogP contribution in [0.2, 0.25) is 0 Å². The first-order valence-electron chi connectivity index (χ1n) is 6.81. The first-order valence-corrected chi connectivity index (χ1v) is 6.81. The third-order valence-corrected chi connectivity index (χ3v) is 3.69. The molecule has 0 aromatic heterocycles. The average molecular weight is 336 g/mol. The van der Waals surface area contributed by atoms with Gasteiger partial charge in [0.15, 0.2) is 5.82 Å². The second kappa shape index (κ2) is 5.29. The van der Waals surface area contributed by atoms with Gasteiger partial charge in [0.25, 0.3) is 5.56 Å². The molecule has 0 aliphatic carbocycles. The third-order valence-electron chi connectivity index (χ3n) is 3.69. The van der Waals surface area contributed by atoms with Crippen molar-refractivity contribution in [3.63, 3.8) is 0 Å². The SMILES string of the molecule is Cn1ncc(-c2ccc(C(F)(F)F)cc2)c2c(=O)n(C)c(=O)nc1-2. The van der Waals surface area contributed by atoms with Gasteiger partial charge in [0.1, 0.15) is 0 Å². The molecule has 0 spiro atoms. The van der Waals surface area contributed by atoms with Crippen LogP contribution in [-0.2, 0) is 20.3 Å². The van der Waals surface area contributed by atoms with E-state index in [1.807, 2.05) is 0 Å². The Bertz CT molecular complexity index is 1000. The van der Waals surface area contributed by atoms with Crippen molar-refractivity contribution in [2.75, 3.05) is 0 Å². The van der Waals surface area contributed by atoms with Crippen LogP contribution >= 0.6 is 0 Å². The van der Waals surface area contributed by atoms with Crippen LogP contribution in [0.25, 0.3) is 22.5 Å². The minimum absolute atomic E-state index is 0.0699. The molecule has 0 saturated carbocycles. The standard InChI is InChI=1S/C15H11F3N4O2/c1-21-13(23)11-10(7-19-22(2)12(11)20-14(21)24)8-3-5-9(6-4-8)15(16,17)18/h3-7H,1-2H3. The van der Waals surface area contributed by atoms with Gasteiger partial charge in [-0.3, -0.25) is 14.0 Å². The Morgan fingerprint density at radius 3 is 2.25 bits per heavy atom. The number of nitrogens with zero attached hydrogens (tertiary/aromatic N) is 4. The number of rotatable bonds is 1. The maximum atomic E-state index is 12.7. The fourth-order valence-corrected chi connectivity index (χ4v) is 2.36. The van der Waals surface area contributed by atoms with E-state index < -0.39 is 23.0 Å².